The van der Waals surface area contributed by atoms with Crippen molar-refractivity contribution < 1.29 is 14.3 Å². The molecule has 1 fully saturated rings. The first-order chi connectivity index (χ1) is 9.16. The van der Waals surface area contributed by atoms with Gasteiger partial charge in [-0.1, -0.05) is 30.3 Å². The Morgan fingerprint density at radius 2 is 2.05 bits per heavy atom. The fourth-order valence-corrected chi connectivity index (χ4v) is 2.19. The average molecular weight is 261 g/mol. The van der Waals surface area contributed by atoms with Crippen molar-refractivity contribution >= 4 is 11.9 Å². The van der Waals surface area contributed by atoms with Gasteiger partial charge in [0.25, 0.3) is 0 Å². The molecular weight excluding hydrogens is 242 g/mol. The summed E-state index contributed by atoms with van der Waals surface area (Å²) in [5, 5.41) is 0. The van der Waals surface area contributed by atoms with Crippen molar-refractivity contribution in [3.05, 3.63) is 35.9 Å². The zero-order valence-electron chi connectivity index (χ0n) is 11.2. The largest absolute Gasteiger partial charge is 0.445 e. The number of carbonyl (C=O) groups is 2. The zero-order valence-corrected chi connectivity index (χ0v) is 11.2. The lowest BCUT2D eigenvalue weighted by Gasteiger charge is -2.25. The number of nitrogens with zero attached hydrogens (tertiary/aromatic N) is 1. The number of Topliss-reactive ketones (excluding diaryl/α,β-unsaturated/α-hetero) is 1. The van der Waals surface area contributed by atoms with Crippen LogP contribution in [0, 0.1) is 0 Å². The molecule has 1 aromatic rings. The summed E-state index contributed by atoms with van der Waals surface area (Å²) in [6.45, 7) is 2.70. The Kier molecular flexibility index (Phi) is 4.55. The number of ketones is 1. The summed E-state index contributed by atoms with van der Waals surface area (Å²) in [6.07, 6.45) is 1.39. The quantitative estimate of drug-likeness (QED) is 0.822. The molecule has 0 spiro atoms. The van der Waals surface area contributed by atoms with Crippen LogP contribution in [0.4, 0.5) is 4.79 Å². The highest BCUT2D eigenvalue weighted by Crippen LogP contribution is 2.16. The van der Waals surface area contributed by atoms with E-state index in [0.29, 0.717) is 19.4 Å². The van der Waals surface area contributed by atoms with Crippen molar-refractivity contribution in [1.82, 2.24) is 4.90 Å². The number of hydrogen-bond acceptors (Lipinski definition) is 3. The van der Waals surface area contributed by atoms with E-state index in [1.165, 1.54) is 0 Å². The monoisotopic (exact) mass is 261 g/mol. The fraction of sp³-hybridized carbons (Fsp3) is 0.467. The number of carbonyl (C=O) groups excluding carboxylic acids is 2. The lowest BCUT2D eigenvalue weighted by molar-refractivity contribution is -0.118. The number of benzene rings is 1. The molecule has 2 rings (SSSR count). The minimum Gasteiger partial charge on any atom is -0.445 e. The Labute approximate surface area is 113 Å². The Morgan fingerprint density at radius 1 is 1.32 bits per heavy atom. The molecule has 0 saturated carbocycles. The van der Waals surface area contributed by atoms with E-state index >= 15 is 0 Å². The summed E-state index contributed by atoms with van der Waals surface area (Å²) >= 11 is 0. The first-order valence-electron chi connectivity index (χ1n) is 6.66. The first-order valence-corrected chi connectivity index (χ1v) is 6.66. The van der Waals surface area contributed by atoms with Gasteiger partial charge in [-0.2, -0.15) is 0 Å². The van der Waals surface area contributed by atoms with Crippen LogP contribution in [0.2, 0.25) is 0 Å². The summed E-state index contributed by atoms with van der Waals surface area (Å²) in [5.41, 5.74) is 0.967. The Morgan fingerprint density at radius 3 is 2.79 bits per heavy atom. The average Bonchev–Trinajstić information content (AvgIpc) is 2.60. The molecule has 1 aliphatic rings. The normalized spacial score (nSPS) is 19.9. The van der Waals surface area contributed by atoms with Gasteiger partial charge in [-0.05, 0) is 18.9 Å². The molecule has 4 nitrogen and oxygen atoms in total. The Balaban J connectivity index is 1.90. The summed E-state index contributed by atoms with van der Waals surface area (Å²) in [4.78, 5) is 25.1. The highest BCUT2D eigenvalue weighted by Gasteiger charge is 2.25. The molecule has 4 heteroatoms. The SMILES string of the molecule is C[C@H]1CCC(=O)CCN1C(=O)OCc1ccccc1. The predicted molar refractivity (Wildman–Crippen MR) is 71.7 cm³/mol. The van der Waals surface area contributed by atoms with Crippen LogP contribution in [0.25, 0.3) is 0 Å². The van der Waals surface area contributed by atoms with Gasteiger partial charge >= 0.3 is 6.09 Å². The van der Waals surface area contributed by atoms with Gasteiger partial charge in [0.15, 0.2) is 0 Å². The van der Waals surface area contributed by atoms with E-state index in [0.717, 1.165) is 12.0 Å². The van der Waals surface area contributed by atoms with E-state index in [-0.39, 0.29) is 24.5 Å². The molecule has 0 unspecified atom stereocenters. The minimum absolute atomic E-state index is 0.0646. The number of hydrogen-bond donors (Lipinski definition) is 0. The number of likely N-dealkylation sites (tertiary alicyclic amines) is 1. The van der Waals surface area contributed by atoms with Crippen molar-refractivity contribution in [2.75, 3.05) is 6.54 Å². The molecule has 0 bridgehead atoms. The van der Waals surface area contributed by atoms with Gasteiger partial charge in [0.2, 0.25) is 0 Å². The molecule has 0 aromatic heterocycles. The first kappa shape index (κ1) is 13.6. The van der Waals surface area contributed by atoms with Crippen LogP contribution in [0.5, 0.6) is 0 Å². The summed E-state index contributed by atoms with van der Waals surface area (Å²) in [6, 6.07) is 9.65. The van der Waals surface area contributed by atoms with Gasteiger partial charge in [-0.25, -0.2) is 4.79 Å². The topological polar surface area (TPSA) is 46.6 Å². The smallest absolute Gasteiger partial charge is 0.410 e. The van der Waals surface area contributed by atoms with Crippen molar-refractivity contribution in [2.24, 2.45) is 0 Å². The lowest BCUT2D eigenvalue weighted by atomic mass is 10.1. The van der Waals surface area contributed by atoms with Crippen molar-refractivity contribution in [1.29, 1.82) is 0 Å². The van der Waals surface area contributed by atoms with Crippen LogP contribution in [0.1, 0.15) is 31.7 Å². The van der Waals surface area contributed by atoms with Gasteiger partial charge in [0, 0.05) is 25.4 Å². The third-order valence-electron chi connectivity index (χ3n) is 3.44. The van der Waals surface area contributed by atoms with Crippen LogP contribution < -0.4 is 0 Å². The highest BCUT2D eigenvalue weighted by molar-refractivity contribution is 5.80. The van der Waals surface area contributed by atoms with E-state index in [4.69, 9.17) is 4.74 Å². The van der Waals surface area contributed by atoms with Gasteiger partial charge in [0.05, 0.1) is 0 Å². The van der Waals surface area contributed by atoms with Gasteiger partial charge < -0.3 is 9.64 Å². The second kappa shape index (κ2) is 6.36. The van der Waals surface area contributed by atoms with E-state index in [2.05, 4.69) is 0 Å². The maximum Gasteiger partial charge on any atom is 0.410 e. The molecule has 102 valence electrons. The van der Waals surface area contributed by atoms with E-state index < -0.39 is 0 Å². The fourth-order valence-electron chi connectivity index (χ4n) is 2.19. The van der Waals surface area contributed by atoms with Crippen molar-refractivity contribution in [3.8, 4) is 0 Å². The van der Waals surface area contributed by atoms with Crippen LogP contribution in [-0.4, -0.2) is 29.4 Å². The molecule has 1 heterocycles. The third-order valence-corrected chi connectivity index (χ3v) is 3.44. The highest BCUT2D eigenvalue weighted by atomic mass is 16.6. The van der Waals surface area contributed by atoms with E-state index in [1.54, 1.807) is 4.90 Å². The maximum atomic E-state index is 12.0. The molecule has 1 saturated heterocycles. The number of amides is 1. The van der Waals surface area contributed by atoms with E-state index in [1.807, 2.05) is 37.3 Å². The van der Waals surface area contributed by atoms with Gasteiger partial charge in [-0.3, -0.25) is 4.79 Å². The molecule has 1 atom stereocenters. The van der Waals surface area contributed by atoms with Gasteiger partial charge in [0.1, 0.15) is 12.4 Å². The molecule has 19 heavy (non-hydrogen) atoms. The Hall–Kier alpha value is -1.84. The van der Waals surface area contributed by atoms with Gasteiger partial charge in [-0.15, -0.1) is 0 Å². The molecule has 0 aliphatic carbocycles. The summed E-state index contributed by atoms with van der Waals surface area (Å²) < 4.78 is 5.30. The van der Waals surface area contributed by atoms with Crippen LogP contribution in [0.15, 0.2) is 30.3 Å². The standard InChI is InChI=1S/C15H19NO3/c1-12-7-8-14(17)9-10-16(12)15(18)19-11-13-5-3-2-4-6-13/h2-6,12H,7-11H2,1H3/t12-/m0/s1. The zero-order chi connectivity index (χ0) is 13.7. The molecule has 1 aliphatic heterocycles. The van der Waals surface area contributed by atoms with Crippen molar-refractivity contribution in [2.45, 2.75) is 38.8 Å². The maximum absolute atomic E-state index is 12.0. The van der Waals surface area contributed by atoms with Crippen molar-refractivity contribution in [3.63, 3.8) is 0 Å². The molecule has 0 N–H and O–H groups in total. The molecule has 1 amide bonds. The molecule has 0 radical (unpaired) electrons. The van der Waals surface area contributed by atoms with Crippen LogP contribution >= 0.6 is 0 Å². The van der Waals surface area contributed by atoms with Crippen LogP contribution in [-0.2, 0) is 16.1 Å². The number of ether oxygens (including phenoxy) is 1. The summed E-state index contributed by atoms with van der Waals surface area (Å²) in [7, 11) is 0. The Bertz CT molecular complexity index is 444. The lowest BCUT2D eigenvalue weighted by Crippen LogP contribution is -2.38. The summed E-state index contributed by atoms with van der Waals surface area (Å²) in [5.74, 6) is 0.227. The van der Waals surface area contributed by atoms with E-state index in [9.17, 15) is 9.59 Å². The third kappa shape index (κ3) is 3.81. The number of rotatable bonds is 2. The second-order valence-electron chi connectivity index (χ2n) is 4.91. The predicted octanol–water partition coefficient (Wildman–Crippen LogP) is 2.77. The second-order valence-corrected chi connectivity index (χ2v) is 4.91. The molecule has 1 aromatic carbocycles. The molecular formula is C15H19NO3. The minimum atomic E-state index is -0.328. The van der Waals surface area contributed by atoms with Crippen LogP contribution in [0.3, 0.4) is 0 Å².